The van der Waals surface area contributed by atoms with Crippen LogP contribution in [0.25, 0.3) is 10.9 Å². The number of carbonyl (C=O) groups excluding carboxylic acids is 1. The first-order valence-corrected chi connectivity index (χ1v) is 7.77. The molecule has 2 heterocycles. The molecule has 0 saturated carbocycles. The highest BCUT2D eigenvalue weighted by molar-refractivity contribution is 5.99. The van der Waals surface area contributed by atoms with Crippen molar-refractivity contribution < 1.29 is 9.90 Å². The standard InChI is InChI=1S/C18H17N3O2/c22-16-9-3-5-12-6-4-10-21(18(12)16)17(23)11-15-13-7-1-2-8-14(13)19-20-15/h1-3,5,7-9,22H,4,6,10-11H2,(H,19,20). The minimum absolute atomic E-state index is 0.0261. The number of carbonyl (C=O) groups is 1. The summed E-state index contributed by atoms with van der Waals surface area (Å²) < 4.78 is 0. The number of phenols is 1. The van der Waals surface area contributed by atoms with Crippen molar-refractivity contribution in [3.63, 3.8) is 0 Å². The van der Waals surface area contributed by atoms with E-state index in [1.54, 1.807) is 11.0 Å². The van der Waals surface area contributed by atoms with Crippen LogP contribution in [0.1, 0.15) is 17.7 Å². The number of benzene rings is 2. The highest BCUT2D eigenvalue weighted by Gasteiger charge is 2.26. The van der Waals surface area contributed by atoms with Gasteiger partial charge in [0.25, 0.3) is 0 Å². The largest absolute Gasteiger partial charge is 0.506 e. The summed E-state index contributed by atoms with van der Waals surface area (Å²) in [6.45, 7) is 0.634. The zero-order chi connectivity index (χ0) is 15.8. The van der Waals surface area contributed by atoms with E-state index < -0.39 is 0 Å². The number of hydrogen-bond donors (Lipinski definition) is 2. The molecular weight excluding hydrogens is 290 g/mol. The van der Waals surface area contributed by atoms with Gasteiger partial charge in [0.05, 0.1) is 23.3 Å². The number of aromatic amines is 1. The predicted octanol–water partition coefficient (Wildman–Crippen LogP) is 2.79. The van der Waals surface area contributed by atoms with Crippen LogP contribution in [0, 0.1) is 0 Å². The van der Waals surface area contributed by atoms with Crippen LogP contribution in [0.2, 0.25) is 0 Å². The molecule has 23 heavy (non-hydrogen) atoms. The molecule has 116 valence electrons. The minimum Gasteiger partial charge on any atom is -0.506 e. The highest BCUT2D eigenvalue weighted by atomic mass is 16.3. The van der Waals surface area contributed by atoms with E-state index in [-0.39, 0.29) is 18.1 Å². The molecule has 0 saturated heterocycles. The summed E-state index contributed by atoms with van der Waals surface area (Å²) in [6.07, 6.45) is 2.04. The Kier molecular flexibility index (Phi) is 3.26. The summed E-state index contributed by atoms with van der Waals surface area (Å²) in [6, 6.07) is 13.2. The quantitative estimate of drug-likeness (QED) is 0.765. The number of aromatic hydroxyl groups is 1. The molecule has 4 rings (SSSR count). The van der Waals surface area contributed by atoms with Gasteiger partial charge in [-0.2, -0.15) is 5.10 Å². The minimum atomic E-state index is -0.0261. The number of aromatic nitrogens is 2. The molecule has 3 aromatic rings. The number of H-pyrrole nitrogens is 1. The van der Waals surface area contributed by atoms with Crippen LogP contribution in [-0.4, -0.2) is 27.8 Å². The number of rotatable bonds is 2. The molecule has 1 aliphatic rings. The van der Waals surface area contributed by atoms with Gasteiger partial charge in [0.2, 0.25) is 5.91 Å². The molecule has 1 aromatic heterocycles. The average molecular weight is 307 g/mol. The number of para-hydroxylation sites is 2. The summed E-state index contributed by atoms with van der Waals surface area (Å²) in [5.41, 5.74) is 3.36. The van der Waals surface area contributed by atoms with Gasteiger partial charge in [0.15, 0.2) is 0 Å². The Hall–Kier alpha value is -2.82. The van der Waals surface area contributed by atoms with E-state index in [4.69, 9.17) is 0 Å². The zero-order valence-corrected chi connectivity index (χ0v) is 12.6. The fourth-order valence-corrected chi connectivity index (χ4v) is 3.28. The number of nitrogens with one attached hydrogen (secondary N) is 1. The van der Waals surface area contributed by atoms with Crippen molar-refractivity contribution in [2.75, 3.05) is 11.4 Å². The van der Waals surface area contributed by atoms with Gasteiger partial charge in [-0.25, -0.2) is 0 Å². The summed E-state index contributed by atoms with van der Waals surface area (Å²) >= 11 is 0. The monoisotopic (exact) mass is 307 g/mol. The lowest BCUT2D eigenvalue weighted by molar-refractivity contribution is -0.118. The first kappa shape index (κ1) is 13.8. The van der Waals surface area contributed by atoms with Gasteiger partial charge in [-0.15, -0.1) is 0 Å². The molecule has 0 bridgehead atoms. The van der Waals surface area contributed by atoms with Gasteiger partial charge in [0, 0.05) is 11.9 Å². The van der Waals surface area contributed by atoms with Gasteiger partial charge >= 0.3 is 0 Å². The molecule has 2 aromatic carbocycles. The maximum Gasteiger partial charge on any atom is 0.233 e. The van der Waals surface area contributed by atoms with Gasteiger partial charge in [-0.1, -0.05) is 30.3 Å². The molecule has 0 fully saturated rings. The molecule has 0 spiro atoms. The first-order valence-electron chi connectivity index (χ1n) is 7.77. The topological polar surface area (TPSA) is 69.2 Å². The third kappa shape index (κ3) is 2.34. The maximum atomic E-state index is 12.8. The Morgan fingerprint density at radius 1 is 1.22 bits per heavy atom. The van der Waals surface area contributed by atoms with Crippen molar-refractivity contribution >= 4 is 22.5 Å². The van der Waals surface area contributed by atoms with E-state index in [1.807, 2.05) is 36.4 Å². The number of amides is 1. The number of fused-ring (bicyclic) bond motifs is 2. The van der Waals surface area contributed by atoms with E-state index in [0.29, 0.717) is 12.2 Å². The van der Waals surface area contributed by atoms with Crippen LogP contribution in [0.3, 0.4) is 0 Å². The van der Waals surface area contributed by atoms with Crippen LogP contribution in [-0.2, 0) is 17.6 Å². The van der Waals surface area contributed by atoms with Crippen molar-refractivity contribution in [1.29, 1.82) is 0 Å². The maximum absolute atomic E-state index is 12.8. The normalized spacial score (nSPS) is 14.0. The lowest BCUT2D eigenvalue weighted by atomic mass is 10.0. The summed E-state index contributed by atoms with van der Waals surface area (Å²) in [5, 5.41) is 18.3. The third-order valence-corrected chi connectivity index (χ3v) is 4.37. The Bertz CT molecular complexity index is 885. The average Bonchev–Trinajstić information content (AvgIpc) is 2.98. The number of aryl methyl sites for hydroxylation is 1. The SMILES string of the molecule is O=C(Cc1[nH]nc2ccccc12)N1CCCc2cccc(O)c21. The Morgan fingerprint density at radius 3 is 3.00 bits per heavy atom. The van der Waals surface area contributed by atoms with Crippen molar-refractivity contribution in [2.24, 2.45) is 0 Å². The molecule has 5 nitrogen and oxygen atoms in total. The zero-order valence-electron chi connectivity index (χ0n) is 12.6. The second kappa shape index (κ2) is 5.43. The van der Waals surface area contributed by atoms with Gasteiger partial charge in [-0.3, -0.25) is 9.89 Å². The van der Waals surface area contributed by atoms with Crippen LogP contribution >= 0.6 is 0 Å². The lowest BCUT2D eigenvalue weighted by Crippen LogP contribution is -2.36. The Morgan fingerprint density at radius 2 is 2.09 bits per heavy atom. The number of nitrogens with zero attached hydrogens (tertiary/aromatic N) is 2. The predicted molar refractivity (Wildman–Crippen MR) is 88.6 cm³/mol. The molecule has 1 aliphatic heterocycles. The molecule has 1 amide bonds. The molecule has 0 aliphatic carbocycles. The second-order valence-electron chi connectivity index (χ2n) is 5.83. The van der Waals surface area contributed by atoms with Crippen LogP contribution in [0.15, 0.2) is 42.5 Å². The lowest BCUT2D eigenvalue weighted by Gasteiger charge is -2.30. The fourth-order valence-electron chi connectivity index (χ4n) is 3.28. The molecular formula is C18H17N3O2. The van der Waals surface area contributed by atoms with Gasteiger partial charge in [0.1, 0.15) is 5.75 Å². The number of hydrogen-bond acceptors (Lipinski definition) is 3. The van der Waals surface area contributed by atoms with Crippen LogP contribution < -0.4 is 4.90 Å². The smallest absolute Gasteiger partial charge is 0.233 e. The summed E-state index contributed by atoms with van der Waals surface area (Å²) in [5.74, 6) is 0.145. The van der Waals surface area contributed by atoms with Crippen molar-refractivity contribution in [3.05, 3.63) is 53.7 Å². The molecule has 0 atom stereocenters. The summed E-state index contributed by atoms with van der Waals surface area (Å²) in [4.78, 5) is 14.5. The Balaban J connectivity index is 1.66. The van der Waals surface area contributed by atoms with E-state index in [2.05, 4.69) is 10.2 Å². The number of phenolic OH excluding ortho intramolecular Hbond substituents is 1. The molecule has 2 N–H and O–H groups in total. The van der Waals surface area contributed by atoms with Gasteiger partial charge < -0.3 is 10.0 Å². The molecule has 0 radical (unpaired) electrons. The summed E-state index contributed by atoms with van der Waals surface area (Å²) in [7, 11) is 0. The first-order chi connectivity index (χ1) is 11.2. The van der Waals surface area contributed by atoms with E-state index in [1.165, 1.54) is 0 Å². The van der Waals surface area contributed by atoms with E-state index in [9.17, 15) is 9.90 Å². The van der Waals surface area contributed by atoms with Gasteiger partial charge in [-0.05, 0) is 30.5 Å². The Labute approximate surface area is 133 Å². The molecule has 5 heteroatoms. The van der Waals surface area contributed by atoms with E-state index >= 15 is 0 Å². The van der Waals surface area contributed by atoms with Crippen molar-refractivity contribution in [2.45, 2.75) is 19.3 Å². The van der Waals surface area contributed by atoms with E-state index in [0.717, 1.165) is 35.0 Å². The van der Waals surface area contributed by atoms with Crippen molar-refractivity contribution in [1.82, 2.24) is 10.2 Å². The highest BCUT2D eigenvalue weighted by Crippen LogP contribution is 2.35. The third-order valence-electron chi connectivity index (χ3n) is 4.37. The molecule has 0 unspecified atom stereocenters. The van der Waals surface area contributed by atoms with Crippen LogP contribution in [0.5, 0.6) is 5.75 Å². The fraction of sp³-hybridized carbons (Fsp3) is 0.222. The number of anilines is 1. The van der Waals surface area contributed by atoms with Crippen molar-refractivity contribution in [3.8, 4) is 5.75 Å². The van der Waals surface area contributed by atoms with Crippen LogP contribution in [0.4, 0.5) is 5.69 Å². The second-order valence-corrected chi connectivity index (χ2v) is 5.83.